The number of fused-ring (bicyclic) bond motifs is 3. The lowest BCUT2D eigenvalue weighted by Crippen LogP contribution is -2.32. The van der Waals surface area contributed by atoms with Gasteiger partial charge in [0.2, 0.25) is 0 Å². The van der Waals surface area contributed by atoms with E-state index in [0.29, 0.717) is 29.4 Å². The first-order valence-electron chi connectivity index (χ1n) is 8.41. The molecule has 7 heteroatoms. The normalized spacial score (nSPS) is 13.7. The van der Waals surface area contributed by atoms with Gasteiger partial charge in [0.25, 0.3) is 0 Å². The minimum atomic E-state index is -1.09. The number of aliphatic carboxylic acids is 1. The molecule has 0 bridgehead atoms. The van der Waals surface area contributed by atoms with Crippen LogP contribution in [-0.2, 0) is 11.2 Å². The highest BCUT2D eigenvalue weighted by molar-refractivity contribution is 6.30. The Kier molecular flexibility index (Phi) is 4.33. The van der Waals surface area contributed by atoms with E-state index in [-0.39, 0.29) is 5.57 Å². The molecule has 0 unspecified atom stereocenters. The van der Waals surface area contributed by atoms with Gasteiger partial charge in [0.05, 0.1) is 11.3 Å². The summed E-state index contributed by atoms with van der Waals surface area (Å²) in [5, 5.41) is 14.0. The number of carbonyl (C=O) groups is 2. The molecular formula is C20H16ClN3O3. The number of carboxylic acid groups (broad SMARTS) is 1. The van der Waals surface area contributed by atoms with Crippen LogP contribution in [0.4, 0.5) is 10.5 Å². The van der Waals surface area contributed by atoms with Gasteiger partial charge in [-0.15, -0.1) is 0 Å². The van der Waals surface area contributed by atoms with Crippen molar-refractivity contribution in [1.82, 2.24) is 9.88 Å². The molecule has 3 aromatic rings. The third-order valence-electron chi connectivity index (χ3n) is 4.56. The second-order valence-corrected chi connectivity index (χ2v) is 6.69. The number of aromatic amines is 1. The molecule has 0 fully saturated rings. The molecule has 0 saturated carbocycles. The molecule has 2 aromatic carbocycles. The van der Waals surface area contributed by atoms with Crippen LogP contribution in [0.3, 0.4) is 0 Å². The minimum Gasteiger partial charge on any atom is -0.478 e. The molecule has 136 valence electrons. The van der Waals surface area contributed by atoms with E-state index >= 15 is 0 Å². The second kappa shape index (κ2) is 6.81. The quantitative estimate of drug-likeness (QED) is 0.617. The number of rotatable bonds is 2. The standard InChI is InChI=1S/C20H16ClN3O3/c21-12-5-7-13(8-6-12)22-20(27)24-10-9-15-14-3-1-2-4-17(14)23-18(15)16(11-24)19(25)26/h1-8,11,23H,9-10H2,(H,22,27)(H,25,26). The Hall–Kier alpha value is -3.25. The Balaban J connectivity index is 1.68. The van der Waals surface area contributed by atoms with Crippen LogP contribution < -0.4 is 5.32 Å². The maximum Gasteiger partial charge on any atom is 0.339 e. The van der Waals surface area contributed by atoms with Crippen molar-refractivity contribution in [3.8, 4) is 0 Å². The molecule has 6 nitrogen and oxygen atoms in total. The van der Waals surface area contributed by atoms with Gasteiger partial charge in [-0.2, -0.15) is 0 Å². The van der Waals surface area contributed by atoms with Crippen molar-refractivity contribution in [1.29, 1.82) is 0 Å². The van der Waals surface area contributed by atoms with Crippen LogP contribution in [0.5, 0.6) is 0 Å². The van der Waals surface area contributed by atoms with Crippen molar-refractivity contribution in [3.05, 3.63) is 71.0 Å². The highest BCUT2D eigenvalue weighted by Crippen LogP contribution is 2.31. The smallest absolute Gasteiger partial charge is 0.339 e. The van der Waals surface area contributed by atoms with Crippen LogP contribution >= 0.6 is 11.6 Å². The summed E-state index contributed by atoms with van der Waals surface area (Å²) < 4.78 is 0. The fourth-order valence-corrected chi connectivity index (χ4v) is 3.38. The summed E-state index contributed by atoms with van der Waals surface area (Å²) in [4.78, 5) is 29.1. The van der Waals surface area contributed by atoms with Crippen LogP contribution in [0.25, 0.3) is 16.5 Å². The molecule has 2 amide bonds. The summed E-state index contributed by atoms with van der Waals surface area (Å²) in [6.07, 6.45) is 1.93. The number of aromatic nitrogens is 1. The predicted octanol–water partition coefficient (Wildman–Crippen LogP) is 4.34. The Morgan fingerprint density at radius 3 is 2.59 bits per heavy atom. The number of nitrogens with zero attached hydrogens (tertiary/aromatic N) is 1. The largest absolute Gasteiger partial charge is 0.478 e. The lowest BCUT2D eigenvalue weighted by atomic mass is 10.0. The number of benzene rings is 2. The van der Waals surface area contributed by atoms with Gasteiger partial charge in [-0.05, 0) is 42.3 Å². The zero-order valence-electron chi connectivity index (χ0n) is 14.2. The zero-order chi connectivity index (χ0) is 19.0. The van der Waals surface area contributed by atoms with Gasteiger partial charge >= 0.3 is 12.0 Å². The van der Waals surface area contributed by atoms with E-state index in [4.69, 9.17) is 11.6 Å². The Morgan fingerprint density at radius 2 is 1.85 bits per heavy atom. The molecule has 0 aliphatic carbocycles. The third-order valence-corrected chi connectivity index (χ3v) is 4.81. The summed E-state index contributed by atoms with van der Waals surface area (Å²) in [5.41, 5.74) is 2.98. The number of anilines is 1. The topological polar surface area (TPSA) is 85.4 Å². The number of amides is 2. The number of hydrogen-bond donors (Lipinski definition) is 3. The van der Waals surface area contributed by atoms with E-state index in [9.17, 15) is 14.7 Å². The first kappa shape index (κ1) is 17.2. The molecule has 0 spiro atoms. The van der Waals surface area contributed by atoms with Crippen LogP contribution in [0.2, 0.25) is 5.02 Å². The number of hydrogen-bond acceptors (Lipinski definition) is 2. The van der Waals surface area contributed by atoms with E-state index < -0.39 is 12.0 Å². The summed E-state index contributed by atoms with van der Waals surface area (Å²) in [6, 6.07) is 14.0. The van der Waals surface area contributed by atoms with Crippen molar-refractivity contribution >= 4 is 45.8 Å². The van der Waals surface area contributed by atoms with Crippen molar-refractivity contribution in [3.63, 3.8) is 0 Å². The van der Waals surface area contributed by atoms with Gasteiger partial charge in [-0.25, -0.2) is 9.59 Å². The lowest BCUT2D eigenvalue weighted by molar-refractivity contribution is -0.130. The number of urea groups is 1. The van der Waals surface area contributed by atoms with Crippen LogP contribution in [0.1, 0.15) is 11.3 Å². The third kappa shape index (κ3) is 3.27. The van der Waals surface area contributed by atoms with E-state index in [0.717, 1.165) is 16.5 Å². The van der Waals surface area contributed by atoms with Gasteiger partial charge in [-0.3, -0.25) is 4.90 Å². The highest BCUT2D eigenvalue weighted by atomic mass is 35.5. The summed E-state index contributed by atoms with van der Waals surface area (Å²) in [5.74, 6) is -1.09. The van der Waals surface area contributed by atoms with Crippen molar-refractivity contribution in [2.75, 3.05) is 11.9 Å². The van der Waals surface area contributed by atoms with E-state index in [2.05, 4.69) is 10.3 Å². The molecular weight excluding hydrogens is 366 g/mol. The first-order chi connectivity index (χ1) is 13.0. The number of nitrogens with one attached hydrogen (secondary N) is 2. The molecule has 27 heavy (non-hydrogen) atoms. The number of H-pyrrole nitrogens is 1. The van der Waals surface area contributed by atoms with Crippen molar-refractivity contribution in [2.45, 2.75) is 6.42 Å². The Labute approximate surface area is 160 Å². The van der Waals surface area contributed by atoms with Gasteiger partial charge in [0.1, 0.15) is 0 Å². The number of para-hydroxylation sites is 1. The van der Waals surface area contributed by atoms with Gasteiger partial charge in [0, 0.05) is 34.4 Å². The summed E-state index contributed by atoms with van der Waals surface area (Å²) in [6.45, 7) is 0.366. The van der Waals surface area contributed by atoms with Gasteiger partial charge in [-0.1, -0.05) is 29.8 Å². The van der Waals surface area contributed by atoms with Crippen LogP contribution in [-0.4, -0.2) is 33.5 Å². The predicted molar refractivity (Wildman–Crippen MR) is 105 cm³/mol. The van der Waals surface area contributed by atoms with Crippen LogP contribution in [0, 0.1) is 0 Å². The maximum atomic E-state index is 12.6. The average Bonchev–Trinajstić information content (AvgIpc) is 2.90. The molecule has 4 rings (SSSR count). The lowest BCUT2D eigenvalue weighted by Gasteiger charge is -2.18. The molecule has 3 N–H and O–H groups in total. The molecule has 0 atom stereocenters. The molecule has 0 saturated heterocycles. The van der Waals surface area contributed by atoms with Crippen LogP contribution in [0.15, 0.2) is 54.7 Å². The summed E-state index contributed by atoms with van der Waals surface area (Å²) >= 11 is 5.86. The average molecular weight is 382 g/mol. The van der Waals surface area contributed by atoms with E-state index in [1.807, 2.05) is 24.3 Å². The fraction of sp³-hybridized carbons (Fsp3) is 0.100. The molecule has 1 aliphatic heterocycles. The van der Waals surface area contributed by atoms with E-state index in [1.165, 1.54) is 11.1 Å². The Morgan fingerprint density at radius 1 is 1.11 bits per heavy atom. The van der Waals surface area contributed by atoms with E-state index in [1.54, 1.807) is 24.3 Å². The first-order valence-corrected chi connectivity index (χ1v) is 8.79. The monoisotopic (exact) mass is 381 g/mol. The van der Waals surface area contributed by atoms with Gasteiger partial charge < -0.3 is 15.4 Å². The molecule has 1 aromatic heterocycles. The molecule has 0 radical (unpaired) electrons. The Bertz CT molecular complexity index is 1070. The highest BCUT2D eigenvalue weighted by Gasteiger charge is 2.26. The zero-order valence-corrected chi connectivity index (χ0v) is 15.0. The number of halogens is 1. The van der Waals surface area contributed by atoms with Crippen molar-refractivity contribution < 1.29 is 14.7 Å². The van der Waals surface area contributed by atoms with Crippen molar-refractivity contribution in [2.24, 2.45) is 0 Å². The number of carbonyl (C=O) groups excluding carboxylic acids is 1. The minimum absolute atomic E-state index is 0.0601. The van der Waals surface area contributed by atoms with Gasteiger partial charge in [0.15, 0.2) is 0 Å². The molecule has 1 aliphatic rings. The fourth-order valence-electron chi connectivity index (χ4n) is 3.26. The summed E-state index contributed by atoms with van der Waals surface area (Å²) in [7, 11) is 0. The second-order valence-electron chi connectivity index (χ2n) is 6.25. The number of carboxylic acids is 1. The molecule has 2 heterocycles. The SMILES string of the molecule is O=C(O)C1=CN(C(=O)Nc2ccc(Cl)cc2)CCc2c1[nH]c1ccccc21. The maximum absolute atomic E-state index is 12.6.